The van der Waals surface area contributed by atoms with Gasteiger partial charge in [0.2, 0.25) is 0 Å². The molecule has 0 saturated heterocycles. The Balaban J connectivity index is 1.73. The highest BCUT2D eigenvalue weighted by molar-refractivity contribution is 7.92. The minimum atomic E-state index is -3.98. The molecule has 0 aromatic heterocycles. The van der Waals surface area contributed by atoms with Crippen molar-refractivity contribution in [3.05, 3.63) is 93.0 Å². The summed E-state index contributed by atoms with van der Waals surface area (Å²) in [7, 11) is -3.98. The first-order valence-electron chi connectivity index (χ1n) is 9.58. The van der Waals surface area contributed by atoms with Crippen molar-refractivity contribution in [1.29, 1.82) is 0 Å². The fraction of sp³-hybridized carbons (Fsp3) is 0.174. The lowest BCUT2D eigenvalue weighted by Crippen LogP contribution is -2.26. The van der Waals surface area contributed by atoms with Crippen LogP contribution in [-0.4, -0.2) is 20.9 Å². The van der Waals surface area contributed by atoms with Gasteiger partial charge in [0.15, 0.2) is 0 Å². The molecule has 162 valence electrons. The molecule has 31 heavy (non-hydrogen) atoms. The van der Waals surface area contributed by atoms with E-state index >= 15 is 0 Å². The first-order valence-corrected chi connectivity index (χ1v) is 11.8. The number of carbonyl (C=O) groups excluding carboxylic acids is 1. The zero-order chi connectivity index (χ0) is 22.6. The molecule has 0 aliphatic carbocycles. The number of amides is 1. The minimum Gasteiger partial charge on any atom is -0.352 e. The van der Waals surface area contributed by atoms with Crippen LogP contribution in [0.3, 0.4) is 0 Å². The smallest absolute Gasteiger partial charge is 0.263 e. The summed E-state index contributed by atoms with van der Waals surface area (Å²) in [6, 6.07) is 16.9. The molecule has 0 atom stereocenters. The molecular formula is C23H22Cl2N2O3S. The first-order chi connectivity index (χ1) is 14.7. The van der Waals surface area contributed by atoms with E-state index < -0.39 is 10.0 Å². The predicted molar refractivity (Wildman–Crippen MR) is 126 cm³/mol. The second-order valence-electron chi connectivity index (χ2n) is 7.20. The van der Waals surface area contributed by atoms with Crippen LogP contribution in [0.2, 0.25) is 10.0 Å². The van der Waals surface area contributed by atoms with Gasteiger partial charge in [0.25, 0.3) is 15.9 Å². The summed E-state index contributed by atoms with van der Waals surface area (Å²) in [4.78, 5) is 12.4. The summed E-state index contributed by atoms with van der Waals surface area (Å²) >= 11 is 12.0. The molecule has 0 radical (unpaired) electrons. The van der Waals surface area contributed by atoms with Crippen molar-refractivity contribution in [2.45, 2.75) is 25.2 Å². The van der Waals surface area contributed by atoms with E-state index in [-0.39, 0.29) is 21.4 Å². The minimum absolute atomic E-state index is 0.0370. The van der Waals surface area contributed by atoms with Crippen molar-refractivity contribution in [3.8, 4) is 0 Å². The highest BCUT2D eigenvalue weighted by Crippen LogP contribution is 2.26. The Morgan fingerprint density at radius 3 is 2.32 bits per heavy atom. The molecule has 0 unspecified atom stereocenters. The summed E-state index contributed by atoms with van der Waals surface area (Å²) in [5.41, 5.74) is 3.51. The monoisotopic (exact) mass is 476 g/mol. The van der Waals surface area contributed by atoms with Gasteiger partial charge in [-0.25, -0.2) is 8.42 Å². The Hall–Kier alpha value is -2.54. The van der Waals surface area contributed by atoms with E-state index in [1.54, 1.807) is 18.2 Å². The van der Waals surface area contributed by atoms with E-state index in [4.69, 9.17) is 23.2 Å². The second kappa shape index (κ2) is 9.73. The van der Waals surface area contributed by atoms with Gasteiger partial charge in [-0.15, -0.1) is 0 Å². The number of hydrogen-bond acceptors (Lipinski definition) is 3. The lowest BCUT2D eigenvalue weighted by Gasteiger charge is -2.13. The van der Waals surface area contributed by atoms with Crippen LogP contribution in [0.1, 0.15) is 27.0 Å². The average Bonchev–Trinajstić information content (AvgIpc) is 2.71. The number of aryl methyl sites for hydroxylation is 2. The third-order valence-corrected chi connectivity index (χ3v) is 6.82. The average molecular weight is 477 g/mol. The van der Waals surface area contributed by atoms with E-state index in [1.807, 2.05) is 38.1 Å². The Bertz CT molecular complexity index is 1210. The molecule has 8 heteroatoms. The van der Waals surface area contributed by atoms with Gasteiger partial charge in [0.1, 0.15) is 4.90 Å². The van der Waals surface area contributed by atoms with Gasteiger partial charge in [0.05, 0.1) is 10.7 Å². The molecule has 0 aliphatic heterocycles. The molecule has 2 N–H and O–H groups in total. The zero-order valence-corrected chi connectivity index (χ0v) is 19.4. The second-order valence-corrected chi connectivity index (χ2v) is 9.70. The normalized spacial score (nSPS) is 11.2. The van der Waals surface area contributed by atoms with E-state index in [2.05, 4.69) is 10.0 Å². The molecule has 0 aliphatic rings. The maximum Gasteiger partial charge on any atom is 0.263 e. The van der Waals surface area contributed by atoms with Crippen molar-refractivity contribution in [2.24, 2.45) is 0 Å². The highest BCUT2D eigenvalue weighted by Gasteiger charge is 2.21. The van der Waals surface area contributed by atoms with Gasteiger partial charge >= 0.3 is 0 Å². The van der Waals surface area contributed by atoms with Gasteiger partial charge in [-0.05, 0) is 67.8 Å². The molecule has 0 spiro atoms. The third kappa shape index (κ3) is 6.00. The quantitative estimate of drug-likeness (QED) is 0.480. The van der Waals surface area contributed by atoms with Crippen LogP contribution >= 0.6 is 23.2 Å². The molecule has 0 saturated carbocycles. The molecule has 3 rings (SSSR count). The predicted octanol–water partition coefficient (Wildman–Crippen LogP) is 5.38. The topological polar surface area (TPSA) is 75.3 Å². The fourth-order valence-corrected chi connectivity index (χ4v) is 4.84. The van der Waals surface area contributed by atoms with Gasteiger partial charge in [-0.2, -0.15) is 0 Å². The maximum atomic E-state index is 12.9. The zero-order valence-electron chi connectivity index (χ0n) is 17.1. The SMILES string of the molecule is Cc1ccc(NS(=O)(=O)c2cc(C(=O)NCCc3ccc(Cl)cc3)ccc2Cl)c(C)c1. The number of anilines is 1. The van der Waals surface area contributed by atoms with Gasteiger partial charge in [-0.3, -0.25) is 9.52 Å². The Labute approximate surface area is 192 Å². The van der Waals surface area contributed by atoms with Crippen LogP contribution < -0.4 is 10.0 Å². The molecule has 3 aromatic carbocycles. The van der Waals surface area contributed by atoms with Crippen molar-refractivity contribution in [2.75, 3.05) is 11.3 Å². The lowest BCUT2D eigenvalue weighted by molar-refractivity contribution is 0.0954. The first kappa shape index (κ1) is 23.1. The number of nitrogens with one attached hydrogen (secondary N) is 2. The fourth-order valence-electron chi connectivity index (χ4n) is 3.05. The van der Waals surface area contributed by atoms with Crippen LogP contribution in [-0.2, 0) is 16.4 Å². The van der Waals surface area contributed by atoms with Crippen LogP contribution in [0, 0.1) is 13.8 Å². The van der Waals surface area contributed by atoms with E-state index in [1.165, 1.54) is 18.2 Å². The third-order valence-electron chi connectivity index (χ3n) is 4.72. The highest BCUT2D eigenvalue weighted by atomic mass is 35.5. The number of hydrogen-bond donors (Lipinski definition) is 2. The molecule has 0 bridgehead atoms. The van der Waals surface area contributed by atoms with E-state index in [0.29, 0.717) is 23.7 Å². The molecule has 0 heterocycles. The number of rotatable bonds is 7. The molecule has 5 nitrogen and oxygen atoms in total. The van der Waals surface area contributed by atoms with Gasteiger partial charge in [0, 0.05) is 17.1 Å². The van der Waals surface area contributed by atoms with Crippen LogP contribution in [0.15, 0.2) is 65.6 Å². The summed E-state index contributed by atoms with van der Waals surface area (Å²) in [6.45, 7) is 4.14. The number of benzene rings is 3. The van der Waals surface area contributed by atoms with Crippen LogP contribution in [0.5, 0.6) is 0 Å². The summed E-state index contributed by atoms with van der Waals surface area (Å²) in [5.74, 6) is -0.381. The van der Waals surface area contributed by atoms with Crippen molar-refractivity contribution in [3.63, 3.8) is 0 Å². The number of sulfonamides is 1. The van der Waals surface area contributed by atoms with E-state index in [0.717, 1.165) is 16.7 Å². The van der Waals surface area contributed by atoms with E-state index in [9.17, 15) is 13.2 Å². The van der Waals surface area contributed by atoms with Crippen molar-refractivity contribution < 1.29 is 13.2 Å². The largest absolute Gasteiger partial charge is 0.352 e. The van der Waals surface area contributed by atoms with Gasteiger partial charge < -0.3 is 5.32 Å². The van der Waals surface area contributed by atoms with Gasteiger partial charge in [-0.1, -0.05) is 53.0 Å². The summed E-state index contributed by atoms with van der Waals surface area (Å²) in [5, 5.41) is 3.48. The Morgan fingerprint density at radius 1 is 0.935 bits per heavy atom. The van der Waals surface area contributed by atoms with Crippen LogP contribution in [0.4, 0.5) is 5.69 Å². The standard InChI is InChI=1S/C23H22Cl2N2O3S/c1-15-3-10-21(16(2)13-15)27-31(29,30)22-14-18(6-9-20(22)25)23(28)26-12-11-17-4-7-19(24)8-5-17/h3-10,13-14,27H,11-12H2,1-2H3,(H,26,28). The molecular weight excluding hydrogens is 455 g/mol. The van der Waals surface area contributed by atoms with Crippen molar-refractivity contribution >= 4 is 44.8 Å². The lowest BCUT2D eigenvalue weighted by atomic mass is 10.1. The molecule has 3 aromatic rings. The van der Waals surface area contributed by atoms with Crippen LogP contribution in [0.25, 0.3) is 0 Å². The Morgan fingerprint density at radius 2 is 1.65 bits per heavy atom. The Kier molecular flexibility index (Phi) is 7.26. The molecule has 1 amide bonds. The van der Waals surface area contributed by atoms with Crippen molar-refractivity contribution in [1.82, 2.24) is 5.32 Å². The number of halogens is 2. The number of carbonyl (C=O) groups is 1. The maximum absolute atomic E-state index is 12.9. The summed E-state index contributed by atoms with van der Waals surface area (Å²) in [6.07, 6.45) is 0.621. The molecule has 0 fully saturated rings. The summed E-state index contributed by atoms with van der Waals surface area (Å²) < 4.78 is 28.4.